The summed E-state index contributed by atoms with van der Waals surface area (Å²) in [6.07, 6.45) is 7.83. The minimum atomic E-state index is -0.964. The number of rotatable bonds is 5. The van der Waals surface area contributed by atoms with Gasteiger partial charge in [-0.2, -0.15) is 0 Å². The first-order chi connectivity index (χ1) is 18.2. The molecule has 2 aromatic carbocycles. The summed E-state index contributed by atoms with van der Waals surface area (Å²) in [7, 11) is 1.86. The number of likely N-dealkylation sites (N-methyl/N-ethyl adjacent to an activating group) is 1. The average molecular weight is 515 g/mol. The summed E-state index contributed by atoms with van der Waals surface area (Å²) in [4.78, 5) is 17.9. The quantitative estimate of drug-likeness (QED) is 0.589. The van der Waals surface area contributed by atoms with Crippen molar-refractivity contribution in [1.29, 1.82) is 0 Å². The third-order valence-electron chi connectivity index (χ3n) is 10.3. The highest BCUT2D eigenvalue weighted by Gasteiger charge is 2.74. The number of ether oxygens (including phenoxy) is 1. The van der Waals surface area contributed by atoms with Crippen LogP contribution >= 0.6 is 0 Å². The molecule has 1 saturated heterocycles. The Morgan fingerprint density at radius 1 is 1.26 bits per heavy atom. The minimum absolute atomic E-state index is 0.0246. The molecular weight excluding hydrogens is 476 g/mol. The molecule has 2 heterocycles. The van der Waals surface area contributed by atoms with Crippen LogP contribution in [0.2, 0.25) is 0 Å². The number of aliphatic hydroxyl groups is 1. The molecule has 3 fully saturated rings. The predicted octanol–water partition coefficient (Wildman–Crippen LogP) is 4.05. The number of likely N-dealkylation sites (tertiary alicyclic amines) is 1. The fraction of sp³-hybridized carbons (Fsp3) is 0.531. The first-order valence-corrected chi connectivity index (χ1v) is 14.2. The van der Waals surface area contributed by atoms with Crippen molar-refractivity contribution in [2.45, 2.75) is 75.2 Å². The van der Waals surface area contributed by atoms with Gasteiger partial charge in [0.25, 0.3) is 0 Å². The lowest BCUT2D eigenvalue weighted by Crippen LogP contribution is -2.79. The minimum Gasteiger partial charge on any atom is -0.504 e. The molecule has 6 nitrogen and oxygen atoms in total. The van der Waals surface area contributed by atoms with Crippen molar-refractivity contribution < 1.29 is 19.7 Å². The number of amides is 1. The van der Waals surface area contributed by atoms with Crippen molar-refractivity contribution in [2.75, 3.05) is 20.1 Å². The summed E-state index contributed by atoms with van der Waals surface area (Å²) in [5.74, 6) is 1.36. The van der Waals surface area contributed by atoms with Gasteiger partial charge in [0.2, 0.25) is 5.91 Å². The van der Waals surface area contributed by atoms with Crippen molar-refractivity contribution in [2.24, 2.45) is 11.8 Å². The first-order valence-electron chi connectivity index (χ1n) is 14.2. The summed E-state index contributed by atoms with van der Waals surface area (Å²) >= 11 is 0. The topological polar surface area (TPSA) is 73.2 Å². The Hall–Kier alpha value is -2.83. The maximum atomic E-state index is 13.5. The molecular formula is C32H38N2O4. The number of carbonyl (C=O) groups is 1. The Kier molecular flexibility index (Phi) is 5.31. The third kappa shape index (κ3) is 3.29. The molecule has 2 saturated carbocycles. The van der Waals surface area contributed by atoms with Gasteiger partial charge in [-0.15, -0.1) is 0 Å². The standard InChI is InChI=1S/C32H38N2O4/c1-19-5-4-6-21(15-19)9-12-26(36)33(3)28-20(2)17-32(37)25-16-23-10-11-24(35)29-27(23)31(32,30(28)38-29)13-14-34(25)18-22-7-8-22/h4-6,9-12,15,20,22,25,28,30,35,37H,7-8,13-14,16-18H2,1-3H3/t20-,25+,28-,30-,31-,32+/m0/s1. The third-order valence-corrected chi connectivity index (χ3v) is 10.3. The van der Waals surface area contributed by atoms with Crippen molar-refractivity contribution in [3.8, 4) is 11.5 Å². The zero-order valence-electron chi connectivity index (χ0n) is 22.6. The van der Waals surface area contributed by atoms with Crippen LogP contribution in [0, 0.1) is 18.8 Å². The second-order valence-electron chi connectivity index (χ2n) is 12.7. The lowest BCUT2D eigenvalue weighted by atomic mass is 9.46. The van der Waals surface area contributed by atoms with Crippen molar-refractivity contribution in [3.05, 3.63) is 64.7 Å². The van der Waals surface area contributed by atoms with E-state index in [1.165, 1.54) is 18.4 Å². The largest absolute Gasteiger partial charge is 0.504 e. The van der Waals surface area contributed by atoms with E-state index in [-0.39, 0.29) is 29.7 Å². The predicted molar refractivity (Wildman–Crippen MR) is 146 cm³/mol. The van der Waals surface area contributed by atoms with Crippen molar-refractivity contribution in [3.63, 3.8) is 0 Å². The van der Waals surface area contributed by atoms with Gasteiger partial charge in [-0.3, -0.25) is 9.69 Å². The van der Waals surface area contributed by atoms with Crippen LogP contribution in [-0.4, -0.2) is 69.8 Å². The molecule has 38 heavy (non-hydrogen) atoms. The van der Waals surface area contributed by atoms with Gasteiger partial charge in [-0.05, 0) is 80.7 Å². The number of aryl methyl sites for hydroxylation is 1. The van der Waals surface area contributed by atoms with Crippen LogP contribution in [-0.2, 0) is 16.6 Å². The summed E-state index contributed by atoms with van der Waals surface area (Å²) in [5.41, 5.74) is 2.73. The number of aromatic hydroxyl groups is 1. The van der Waals surface area contributed by atoms with Gasteiger partial charge in [0.15, 0.2) is 11.5 Å². The molecule has 1 spiro atoms. The van der Waals surface area contributed by atoms with Crippen LogP contribution in [0.5, 0.6) is 11.5 Å². The lowest BCUT2D eigenvalue weighted by Gasteiger charge is -2.66. The van der Waals surface area contributed by atoms with Crippen molar-refractivity contribution in [1.82, 2.24) is 9.80 Å². The van der Waals surface area contributed by atoms with Crippen molar-refractivity contribution >= 4 is 12.0 Å². The number of carbonyl (C=O) groups excluding carboxylic acids is 1. The number of phenols is 1. The van der Waals surface area contributed by atoms with Gasteiger partial charge in [0.05, 0.1) is 17.1 Å². The SMILES string of the molecule is Cc1cccc(C=CC(=O)N(C)[C@H]2[C@@H](C)C[C@@]3(O)[C@H]4Cc5ccc(O)c6c5[C@@]3(CCN4CC3CC3)[C@H]2O6)c1. The fourth-order valence-corrected chi connectivity index (χ4v) is 8.52. The summed E-state index contributed by atoms with van der Waals surface area (Å²) in [6, 6.07) is 11.7. The van der Waals surface area contributed by atoms with Crippen LogP contribution in [0.3, 0.4) is 0 Å². The second kappa shape index (κ2) is 8.33. The van der Waals surface area contributed by atoms with Gasteiger partial charge in [-0.25, -0.2) is 0 Å². The molecule has 6 atom stereocenters. The number of benzene rings is 2. The van der Waals surface area contributed by atoms with E-state index in [1.54, 1.807) is 12.1 Å². The number of nitrogens with zero attached hydrogens (tertiary/aromatic N) is 2. The number of hydrogen-bond donors (Lipinski definition) is 2. The van der Waals surface area contributed by atoms with E-state index in [1.807, 2.05) is 49.2 Å². The molecule has 200 valence electrons. The Balaban J connectivity index is 1.28. The normalized spacial score (nSPS) is 35.2. The van der Waals surface area contributed by atoms with E-state index in [9.17, 15) is 15.0 Å². The Morgan fingerprint density at radius 2 is 2.08 bits per heavy atom. The maximum Gasteiger partial charge on any atom is 0.246 e. The Bertz CT molecular complexity index is 1330. The van der Waals surface area contributed by atoms with Crippen LogP contribution < -0.4 is 4.74 Å². The van der Waals surface area contributed by atoms with E-state index >= 15 is 0 Å². The first kappa shape index (κ1) is 24.2. The maximum absolute atomic E-state index is 13.5. The molecule has 1 amide bonds. The van der Waals surface area contributed by atoms with E-state index in [2.05, 4.69) is 17.9 Å². The molecule has 2 bridgehead atoms. The molecule has 0 radical (unpaired) electrons. The highest BCUT2D eigenvalue weighted by Crippen LogP contribution is 2.66. The number of piperidine rings is 1. The molecule has 2 aliphatic heterocycles. The van der Waals surface area contributed by atoms with Gasteiger partial charge >= 0.3 is 0 Å². The van der Waals surface area contributed by atoms with Gasteiger partial charge in [0, 0.05) is 31.3 Å². The van der Waals surface area contributed by atoms with Gasteiger partial charge in [-0.1, -0.05) is 42.8 Å². The molecule has 5 aliphatic rings. The Labute approximate surface area is 224 Å². The van der Waals surface area contributed by atoms with Crippen LogP contribution in [0.1, 0.15) is 54.9 Å². The molecule has 7 rings (SSSR count). The molecule has 6 heteroatoms. The molecule has 2 N–H and O–H groups in total. The zero-order chi connectivity index (χ0) is 26.4. The van der Waals surface area contributed by atoms with E-state index in [0.717, 1.165) is 48.5 Å². The summed E-state index contributed by atoms with van der Waals surface area (Å²) in [5, 5.41) is 23.7. The summed E-state index contributed by atoms with van der Waals surface area (Å²) < 4.78 is 6.69. The van der Waals surface area contributed by atoms with Crippen LogP contribution in [0.25, 0.3) is 6.08 Å². The van der Waals surface area contributed by atoms with E-state index < -0.39 is 17.1 Å². The molecule has 3 aliphatic carbocycles. The monoisotopic (exact) mass is 514 g/mol. The number of phenolic OH excluding ortho intramolecular Hbond substituents is 1. The van der Waals surface area contributed by atoms with E-state index in [4.69, 9.17) is 4.74 Å². The molecule has 0 unspecified atom stereocenters. The Morgan fingerprint density at radius 3 is 2.84 bits per heavy atom. The van der Waals surface area contributed by atoms with Crippen LogP contribution in [0.4, 0.5) is 0 Å². The average Bonchev–Trinajstić information content (AvgIpc) is 3.62. The highest BCUT2D eigenvalue weighted by atomic mass is 16.5. The molecule has 2 aromatic rings. The zero-order valence-corrected chi connectivity index (χ0v) is 22.6. The highest BCUT2D eigenvalue weighted by molar-refractivity contribution is 5.92. The second-order valence-corrected chi connectivity index (χ2v) is 12.7. The lowest BCUT2D eigenvalue weighted by molar-refractivity contribution is -0.212. The van der Waals surface area contributed by atoms with E-state index in [0.29, 0.717) is 12.2 Å². The smallest absolute Gasteiger partial charge is 0.246 e. The molecule has 0 aromatic heterocycles. The van der Waals surface area contributed by atoms with Crippen LogP contribution in [0.15, 0.2) is 42.5 Å². The summed E-state index contributed by atoms with van der Waals surface area (Å²) in [6.45, 7) is 6.15. The number of hydrogen-bond acceptors (Lipinski definition) is 5. The fourth-order valence-electron chi connectivity index (χ4n) is 8.52. The van der Waals surface area contributed by atoms with Gasteiger partial charge in [0.1, 0.15) is 6.10 Å². The van der Waals surface area contributed by atoms with Gasteiger partial charge < -0.3 is 19.8 Å².